The number of carbonyl (C=O) groups excluding carboxylic acids is 1. The van der Waals surface area contributed by atoms with Crippen LogP contribution in [0.3, 0.4) is 0 Å². The highest BCUT2D eigenvalue weighted by Gasteiger charge is 2.49. The summed E-state index contributed by atoms with van der Waals surface area (Å²) in [5.74, 6) is 0.198. The topological polar surface area (TPSA) is 50.1 Å². The van der Waals surface area contributed by atoms with E-state index in [0.29, 0.717) is 12.3 Å². The first kappa shape index (κ1) is 13.2. The van der Waals surface area contributed by atoms with Gasteiger partial charge in [0.25, 0.3) is 0 Å². The summed E-state index contributed by atoms with van der Waals surface area (Å²) in [5, 5.41) is 8.86. The molecular weight excluding hydrogens is 250 g/mol. The van der Waals surface area contributed by atoms with Gasteiger partial charge < -0.3 is 4.74 Å². The first-order chi connectivity index (χ1) is 9.65. The molecule has 0 aromatic heterocycles. The van der Waals surface area contributed by atoms with E-state index in [4.69, 9.17) is 10.00 Å². The molecule has 3 heteroatoms. The molecule has 0 amide bonds. The van der Waals surface area contributed by atoms with Gasteiger partial charge in [-0.2, -0.15) is 5.26 Å². The Labute approximate surface area is 119 Å². The number of rotatable bonds is 4. The van der Waals surface area contributed by atoms with Crippen molar-refractivity contribution >= 4 is 5.97 Å². The van der Waals surface area contributed by atoms with Crippen LogP contribution in [0.1, 0.15) is 49.1 Å². The summed E-state index contributed by atoms with van der Waals surface area (Å²) in [6, 6.07) is 10.4. The average molecular weight is 269 g/mol. The van der Waals surface area contributed by atoms with Crippen LogP contribution in [0.2, 0.25) is 0 Å². The fraction of sp³-hybridized carbons (Fsp3) is 0.529. The van der Waals surface area contributed by atoms with Crippen LogP contribution in [0.5, 0.6) is 0 Å². The standard InChI is InChI=1S/C17H19NO2/c1-12-5-2-3-6-13(12)14-11-15(14)16(19)20-17(9-10-18)7-4-8-17/h2-3,5-6,14-15H,4,7-9,11H2,1H3/t14-,15+/m1/s1. The van der Waals surface area contributed by atoms with Gasteiger partial charge in [-0.25, -0.2) is 0 Å². The quantitative estimate of drug-likeness (QED) is 0.786. The molecule has 2 aliphatic rings. The summed E-state index contributed by atoms with van der Waals surface area (Å²) in [5.41, 5.74) is 2.03. The van der Waals surface area contributed by atoms with Crippen LogP contribution in [0.15, 0.2) is 24.3 Å². The first-order valence-electron chi connectivity index (χ1n) is 7.30. The second-order valence-electron chi connectivity index (χ2n) is 6.10. The normalized spacial score (nSPS) is 26.2. The van der Waals surface area contributed by atoms with E-state index in [9.17, 15) is 4.79 Å². The van der Waals surface area contributed by atoms with E-state index in [-0.39, 0.29) is 11.9 Å². The number of hydrogen-bond acceptors (Lipinski definition) is 3. The van der Waals surface area contributed by atoms with Crippen molar-refractivity contribution in [3.8, 4) is 6.07 Å². The Morgan fingerprint density at radius 3 is 2.80 bits per heavy atom. The van der Waals surface area contributed by atoms with Crippen molar-refractivity contribution in [2.24, 2.45) is 5.92 Å². The molecule has 0 unspecified atom stereocenters. The highest BCUT2D eigenvalue weighted by Crippen LogP contribution is 2.50. The van der Waals surface area contributed by atoms with Crippen molar-refractivity contribution in [2.75, 3.05) is 0 Å². The molecule has 0 heterocycles. The van der Waals surface area contributed by atoms with Crippen molar-refractivity contribution in [3.05, 3.63) is 35.4 Å². The van der Waals surface area contributed by atoms with E-state index in [0.717, 1.165) is 25.7 Å². The molecule has 0 N–H and O–H groups in total. The van der Waals surface area contributed by atoms with Gasteiger partial charge in [0, 0.05) is 0 Å². The molecule has 3 rings (SSSR count). The van der Waals surface area contributed by atoms with Gasteiger partial charge in [-0.05, 0) is 49.7 Å². The van der Waals surface area contributed by atoms with E-state index in [2.05, 4.69) is 25.1 Å². The molecule has 0 bridgehead atoms. The minimum Gasteiger partial charge on any atom is -0.458 e. The average Bonchev–Trinajstić information content (AvgIpc) is 3.17. The van der Waals surface area contributed by atoms with Gasteiger partial charge in [-0.15, -0.1) is 0 Å². The molecule has 2 fully saturated rings. The number of hydrogen-bond donors (Lipinski definition) is 0. The number of aryl methyl sites for hydroxylation is 1. The number of ether oxygens (including phenoxy) is 1. The highest BCUT2D eigenvalue weighted by atomic mass is 16.6. The molecule has 0 saturated heterocycles. The molecule has 20 heavy (non-hydrogen) atoms. The molecule has 1 aromatic carbocycles. The number of nitriles is 1. The maximum absolute atomic E-state index is 12.3. The zero-order chi connectivity index (χ0) is 14.2. The van der Waals surface area contributed by atoms with Crippen LogP contribution in [-0.2, 0) is 9.53 Å². The summed E-state index contributed by atoms with van der Waals surface area (Å²) in [6.07, 6.45) is 3.95. The summed E-state index contributed by atoms with van der Waals surface area (Å²) < 4.78 is 5.67. The van der Waals surface area contributed by atoms with Gasteiger partial charge in [0.2, 0.25) is 0 Å². The Balaban J connectivity index is 1.64. The van der Waals surface area contributed by atoms with Crippen molar-refractivity contribution in [1.82, 2.24) is 0 Å². The number of esters is 1. The maximum Gasteiger partial charge on any atom is 0.310 e. The summed E-state index contributed by atoms with van der Waals surface area (Å²) >= 11 is 0. The fourth-order valence-electron chi connectivity index (χ4n) is 3.12. The van der Waals surface area contributed by atoms with Crippen LogP contribution in [-0.4, -0.2) is 11.6 Å². The molecule has 0 spiro atoms. The zero-order valence-electron chi connectivity index (χ0n) is 11.8. The molecular formula is C17H19NO2. The zero-order valence-corrected chi connectivity index (χ0v) is 11.8. The first-order valence-corrected chi connectivity index (χ1v) is 7.30. The smallest absolute Gasteiger partial charge is 0.310 e. The number of carbonyl (C=O) groups is 1. The second kappa shape index (κ2) is 4.94. The van der Waals surface area contributed by atoms with Crippen molar-refractivity contribution in [3.63, 3.8) is 0 Å². The minimum atomic E-state index is -0.468. The van der Waals surface area contributed by atoms with E-state index < -0.39 is 5.60 Å². The third-order valence-corrected chi connectivity index (χ3v) is 4.66. The molecule has 2 atom stereocenters. The molecule has 2 saturated carbocycles. The maximum atomic E-state index is 12.3. The van der Waals surface area contributed by atoms with Crippen molar-refractivity contribution < 1.29 is 9.53 Å². The van der Waals surface area contributed by atoms with Crippen LogP contribution in [0.25, 0.3) is 0 Å². The van der Waals surface area contributed by atoms with Gasteiger partial charge in [0.1, 0.15) is 5.60 Å². The minimum absolute atomic E-state index is 0.00716. The van der Waals surface area contributed by atoms with Gasteiger partial charge in [-0.3, -0.25) is 4.79 Å². The SMILES string of the molecule is Cc1ccccc1[C@H]1C[C@@H]1C(=O)OC1(CC#N)CCC1. The fourth-order valence-corrected chi connectivity index (χ4v) is 3.12. The predicted octanol–water partition coefficient (Wildman–Crippen LogP) is 3.48. The van der Waals surface area contributed by atoms with E-state index in [1.165, 1.54) is 11.1 Å². The van der Waals surface area contributed by atoms with E-state index in [1.54, 1.807) is 0 Å². The Morgan fingerprint density at radius 1 is 1.45 bits per heavy atom. The number of benzene rings is 1. The molecule has 104 valence electrons. The van der Waals surface area contributed by atoms with E-state index >= 15 is 0 Å². The summed E-state index contributed by atoms with van der Waals surface area (Å²) in [7, 11) is 0. The lowest BCUT2D eigenvalue weighted by Gasteiger charge is -2.39. The lowest BCUT2D eigenvalue weighted by atomic mass is 9.78. The van der Waals surface area contributed by atoms with Crippen LogP contribution in [0.4, 0.5) is 0 Å². The molecule has 0 aliphatic heterocycles. The van der Waals surface area contributed by atoms with E-state index in [1.807, 2.05) is 12.1 Å². The lowest BCUT2D eigenvalue weighted by Crippen LogP contribution is -2.42. The highest BCUT2D eigenvalue weighted by molar-refractivity contribution is 5.78. The Bertz CT molecular complexity index is 569. The number of nitrogens with zero attached hydrogens (tertiary/aromatic N) is 1. The lowest BCUT2D eigenvalue weighted by molar-refractivity contribution is -0.170. The third-order valence-electron chi connectivity index (χ3n) is 4.66. The monoisotopic (exact) mass is 269 g/mol. The van der Waals surface area contributed by atoms with Gasteiger partial charge >= 0.3 is 5.97 Å². The van der Waals surface area contributed by atoms with Crippen LogP contribution >= 0.6 is 0 Å². The van der Waals surface area contributed by atoms with Crippen molar-refractivity contribution in [2.45, 2.75) is 50.5 Å². The Kier molecular flexibility index (Phi) is 3.25. The van der Waals surface area contributed by atoms with Crippen LogP contribution in [0, 0.1) is 24.2 Å². The van der Waals surface area contributed by atoms with Gasteiger partial charge in [0.05, 0.1) is 18.4 Å². The Hall–Kier alpha value is -1.82. The molecule has 0 radical (unpaired) electrons. The molecule has 1 aromatic rings. The van der Waals surface area contributed by atoms with Crippen molar-refractivity contribution in [1.29, 1.82) is 5.26 Å². The summed E-state index contributed by atoms with van der Waals surface area (Å²) in [6.45, 7) is 2.08. The second-order valence-corrected chi connectivity index (χ2v) is 6.10. The van der Waals surface area contributed by atoms with Crippen LogP contribution < -0.4 is 0 Å². The largest absolute Gasteiger partial charge is 0.458 e. The van der Waals surface area contributed by atoms with Gasteiger partial charge in [-0.1, -0.05) is 24.3 Å². The molecule has 3 nitrogen and oxygen atoms in total. The summed E-state index contributed by atoms with van der Waals surface area (Å²) in [4.78, 5) is 12.3. The third kappa shape index (κ3) is 2.31. The Morgan fingerprint density at radius 2 is 2.20 bits per heavy atom. The predicted molar refractivity (Wildman–Crippen MR) is 74.9 cm³/mol. The molecule has 2 aliphatic carbocycles. The van der Waals surface area contributed by atoms with Gasteiger partial charge in [0.15, 0.2) is 0 Å².